The zero-order valence-electron chi connectivity index (χ0n) is 8.90. The molecule has 3 heterocycles. The fourth-order valence-corrected chi connectivity index (χ4v) is 2.35. The molecule has 3 rings (SSSR count). The minimum Gasteiger partial charge on any atom is -0.307 e. The second-order valence-electron chi connectivity index (χ2n) is 4.21. The fraction of sp³-hybridized carbons (Fsp3) is 0.417. The van der Waals surface area contributed by atoms with Crippen molar-refractivity contribution in [3.05, 3.63) is 35.9 Å². The molecule has 0 amide bonds. The van der Waals surface area contributed by atoms with Crippen molar-refractivity contribution in [2.24, 2.45) is 0 Å². The topological polar surface area (TPSA) is 29.3 Å². The molecule has 1 aliphatic rings. The van der Waals surface area contributed by atoms with Crippen LogP contribution in [-0.4, -0.2) is 15.9 Å². The van der Waals surface area contributed by atoms with Crippen LogP contribution in [0.1, 0.15) is 30.3 Å². The molecule has 0 bridgehead atoms. The number of pyridine rings is 1. The van der Waals surface area contributed by atoms with Crippen LogP contribution in [-0.2, 0) is 0 Å². The molecule has 1 N–H and O–H groups in total. The van der Waals surface area contributed by atoms with E-state index in [1.54, 1.807) is 0 Å². The van der Waals surface area contributed by atoms with Gasteiger partial charge in [-0.05, 0) is 37.9 Å². The molecular weight excluding hydrogens is 186 g/mol. The van der Waals surface area contributed by atoms with Gasteiger partial charge in [-0.2, -0.15) is 0 Å². The largest absolute Gasteiger partial charge is 0.307 e. The number of rotatable bonds is 1. The lowest BCUT2D eigenvalue weighted by atomic mass is 10.2. The first-order valence-corrected chi connectivity index (χ1v) is 5.52. The number of imidazole rings is 1. The van der Waals surface area contributed by atoms with E-state index in [-0.39, 0.29) is 0 Å². The van der Waals surface area contributed by atoms with E-state index in [2.05, 4.69) is 40.0 Å². The Balaban J connectivity index is 2.15. The summed E-state index contributed by atoms with van der Waals surface area (Å²) in [6.45, 7) is 3.24. The normalized spacial score (nSPS) is 21.3. The van der Waals surface area contributed by atoms with E-state index in [0.29, 0.717) is 6.04 Å². The lowest BCUT2D eigenvalue weighted by molar-refractivity contribution is 0.602. The molecule has 0 aliphatic carbocycles. The maximum atomic E-state index is 4.54. The minimum atomic E-state index is 0.439. The van der Waals surface area contributed by atoms with Crippen LogP contribution in [0.5, 0.6) is 0 Å². The lowest BCUT2D eigenvalue weighted by Gasteiger charge is -2.09. The highest BCUT2D eigenvalue weighted by Gasteiger charge is 2.20. The average Bonchev–Trinajstić information content (AvgIpc) is 2.85. The summed E-state index contributed by atoms with van der Waals surface area (Å²) >= 11 is 0. The number of hydrogen-bond donors (Lipinski definition) is 1. The Labute approximate surface area is 89.1 Å². The van der Waals surface area contributed by atoms with Crippen molar-refractivity contribution in [1.29, 1.82) is 0 Å². The molecule has 3 nitrogen and oxygen atoms in total. The molecule has 1 unspecified atom stereocenters. The molecule has 0 radical (unpaired) electrons. The van der Waals surface area contributed by atoms with Crippen LogP contribution in [0.4, 0.5) is 0 Å². The molecule has 2 aromatic rings. The molecular formula is C12H15N3. The third kappa shape index (κ3) is 1.35. The highest BCUT2D eigenvalue weighted by Crippen LogP contribution is 2.23. The average molecular weight is 201 g/mol. The van der Waals surface area contributed by atoms with Gasteiger partial charge in [-0.15, -0.1) is 0 Å². The minimum absolute atomic E-state index is 0.439. The second-order valence-corrected chi connectivity index (χ2v) is 4.21. The summed E-state index contributed by atoms with van der Waals surface area (Å²) in [4.78, 5) is 4.54. The molecule has 0 saturated carbocycles. The van der Waals surface area contributed by atoms with Gasteiger partial charge in [-0.1, -0.05) is 6.07 Å². The monoisotopic (exact) mass is 201 g/mol. The quantitative estimate of drug-likeness (QED) is 0.765. The van der Waals surface area contributed by atoms with Crippen LogP contribution in [0.3, 0.4) is 0 Å². The summed E-state index contributed by atoms with van der Waals surface area (Å²) in [5, 5.41) is 3.49. The Bertz CT molecular complexity index is 481. The van der Waals surface area contributed by atoms with E-state index in [1.807, 2.05) is 6.20 Å². The van der Waals surface area contributed by atoms with Gasteiger partial charge in [0, 0.05) is 6.20 Å². The number of aryl methyl sites for hydroxylation is 1. The van der Waals surface area contributed by atoms with Gasteiger partial charge in [-0.3, -0.25) is 0 Å². The van der Waals surface area contributed by atoms with Crippen molar-refractivity contribution in [1.82, 2.24) is 14.7 Å². The Hall–Kier alpha value is -1.35. The van der Waals surface area contributed by atoms with Crippen LogP contribution >= 0.6 is 0 Å². The first-order valence-electron chi connectivity index (χ1n) is 5.52. The number of aromatic nitrogens is 2. The van der Waals surface area contributed by atoms with Gasteiger partial charge < -0.3 is 9.72 Å². The Morgan fingerprint density at radius 3 is 3.27 bits per heavy atom. The second kappa shape index (κ2) is 3.35. The maximum absolute atomic E-state index is 4.54. The van der Waals surface area contributed by atoms with E-state index in [4.69, 9.17) is 0 Å². The van der Waals surface area contributed by atoms with Crippen LogP contribution in [0.15, 0.2) is 24.5 Å². The zero-order valence-corrected chi connectivity index (χ0v) is 8.90. The Morgan fingerprint density at radius 1 is 1.53 bits per heavy atom. The first kappa shape index (κ1) is 8.92. The Morgan fingerprint density at radius 2 is 2.47 bits per heavy atom. The van der Waals surface area contributed by atoms with Gasteiger partial charge in [0.1, 0.15) is 5.82 Å². The standard InChI is InChI=1S/C12H15N3/c1-9-4-3-7-15-11(9)8-14-12(15)10-5-2-6-13-10/h3-4,7-8,10,13H,2,5-6H2,1H3. The van der Waals surface area contributed by atoms with Gasteiger partial charge in [0.25, 0.3) is 0 Å². The smallest absolute Gasteiger partial charge is 0.130 e. The predicted octanol–water partition coefficient (Wildman–Crippen LogP) is 2.07. The van der Waals surface area contributed by atoms with E-state index in [9.17, 15) is 0 Å². The third-order valence-corrected chi connectivity index (χ3v) is 3.18. The molecule has 2 aromatic heterocycles. The number of nitrogens with zero attached hydrogens (tertiary/aromatic N) is 2. The summed E-state index contributed by atoms with van der Waals surface area (Å²) in [5.74, 6) is 1.16. The van der Waals surface area contributed by atoms with E-state index < -0.39 is 0 Å². The van der Waals surface area contributed by atoms with Crippen LogP contribution in [0, 0.1) is 6.92 Å². The van der Waals surface area contributed by atoms with E-state index >= 15 is 0 Å². The fourth-order valence-electron chi connectivity index (χ4n) is 2.35. The summed E-state index contributed by atoms with van der Waals surface area (Å²) < 4.78 is 2.21. The SMILES string of the molecule is Cc1cccn2c(C3CCCN3)ncc12. The number of fused-ring (bicyclic) bond motifs is 1. The maximum Gasteiger partial charge on any atom is 0.130 e. The van der Waals surface area contributed by atoms with Gasteiger partial charge in [0.2, 0.25) is 0 Å². The van der Waals surface area contributed by atoms with Crippen LogP contribution in [0.2, 0.25) is 0 Å². The zero-order chi connectivity index (χ0) is 10.3. The van der Waals surface area contributed by atoms with Gasteiger partial charge >= 0.3 is 0 Å². The van der Waals surface area contributed by atoms with Crippen molar-refractivity contribution in [3.63, 3.8) is 0 Å². The van der Waals surface area contributed by atoms with Crippen molar-refractivity contribution in [2.45, 2.75) is 25.8 Å². The number of hydrogen-bond acceptors (Lipinski definition) is 2. The molecule has 1 fully saturated rings. The molecule has 15 heavy (non-hydrogen) atoms. The van der Waals surface area contributed by atoms with Gasteiger partial charge in [0.15, 0.2) is 0 Å². The lowest BCUT2D eigenvalue weighted by Crippen LogP contribution is -2.15. The van der Waals surface area contributed by atoms with Gasteiger partial charge in [-0.25, -0.2) is 4.98 Å². The summed E-state index contributed by atoms with van der Waals surface area (Å²) in [6.07, 6.45) is 6.54. The summed E-state index contributed by atoms with van der Waals surface area (Å²) in [6, 6.07) is 4.65. The third-order valence-electron chi connectivity index (χ3n) is 3.18. The van der Waals surface area contributed by atoms with Gasteiger partial charge in [0.05, 0.1) is 17.8 Å². The molecule has 3 heteroatoms. The van der Waals surface area contributed by atoms with Crippen molar-refractivity contribution in [2.75, 3.05) is 6.54 Å². The molecule has 0 spiro atoms. The molecule has 0 aromatic carbocycles. The van der Waals surface area contributed by atoms with Crippen molar-refractivity contribution in [3.8, 4) is 0 Å². The highest BCUT2D eigenvalue weighted by molar-refractivity contribution is 5.53. The predicted molar refractivity (Wildman–Crippen MR) is 59.9 cm³/mol. The van der Waals surface area contributed by atoms with Crippen molar-refractivity contribution >= 4 is 5.52 Å². The summed E-state index contributed by atoms with van der Waals surface area (Å²) in [7, 11) is 0. The van der Waals surface area contributed by atoms with E-state index in [1.165, 1.54) is 23.9 Å². The van der Waals surface area contributed by atoms with Crippen LogP contribution in [0.25, 0.3) is 5.52 Å². The van der Waals surface area contributed by atoms with Crippen molar-refractivity contribution < 1.29 is 0 Å². The molecule has 78 valence electrons. The highest BCUT2D eigenvalue weighted by atomic mass is 15.1. The molecule has 1 saturated heterocycles. The molecule has 1 atom stereocenters. The molecule has 1 aliphatic heterocycles. The number of nitrogens with one attached hydrogen (secondary N) is 1. The summed E-state index contributed by atoms with van der Waals surface area (Å²) in [5.41, 5.74) is 2.51. The Kier molecular flexibility index (Phi) is 1.99. The van der Waals surface area contributed by atoms with E-state index in [0.717, 1.165) is 12.4 Å². The first-order chi connectivity index (χ1) is 7.36. The van der Waals surface area contributed by atoms with Crippen LogP contribution < -0.4 is 5.32 Å².